The summed E-state index contributed by atoms with van der Waals surface area (Å²) in [5, 5.41) is 9.62. The van der Waals surface area contributed by atoms with Crippen LogP contribution in [0.4, 0.5) is 18.3 Å². The number of aliphatic imine (C=N–C) groups is 1. The van der Waals surface area contributed by atoms with Gasteiger partial charge in [0.15, 0.2) is 11.1 Å². The lowest BCUT2D eigenvalue weighted by Crippen LogP contribution is -2.38. The van der Waals surface area contributed by atoms with Gasteiger partial charge in [-0.25, -0.2) is 9.98 Å². The van der Waals surface area contributed by atoms with Crippen molar-refractivity contribution in [2.45, 2.75) is 38.9 Å². The number of alkyl halides is 3. The van der Waals surface area contributed by atoms with Crippen LogP contribution >= 0.6 is 11.3 Å². The summed E-state index contributed by atoms with van der Waals surface area (Å²) in [6.07, 6.45) is -1.06. The number of anilines is 1. The largest absolute Gasteiger partial charge is 0.416 e. The molecular formula is C20H26F3N5S. The Balaban J connectivity index is 1.50. The number of aromatic nitrogens is 1. The first-order chi connectivity index (χ1) is 14.0. The molecule has 158 valence electrons. The molecule has 0 unspecified atom stereocenters. The Morgan fingerprint density at radius 1 is 1.17 bits per heavy atom. The lowest BCUT2D eigenvalue weighted by atomic mass is 10.1. The van der Waals surface area contributed by atoms with Crippen molar-refractivity contribution in [3.8, 4) is 0 Å². The summed E-state index contributed by atoms with van der Waals surface area (Å²) in [5.41, 5.74) is 1.14. The zero-order chi connectivity index (χ0) is 20.7. The first kappa shape index (κ1) is 21.4. The molecule has 0 aliphatic carbocycles. The maximum Gasteiger partial charge on any atom is 0.416 e. The van der Waals surface area contributed by atoms with E-state index in [1.807, 2.05) is 6.92 Å². The third-order valence-electron chi connectivity index (χ3n) is 4.64. The van der Waals surface area contributed by atoms with E-state index in [1.54, 1.807) is 11.3 Å². The van der Waals surface area contributed by atoms with Crippen molar-refractivity contribution in [2.75, 3.05) is 31.1 Å². The highest BCUT2D eigenvalue weighted by atomic mass is 32.1. The molecule has 1 aromatic carbocycles. The topological polar surface area (TPSA) is 52.6 Å². The maximum atomic E-state index is 12.6. The SMILES string of the molecule is CCNC(=NCc1ccc(C(F)(F)F)cc1)NCCc1csc(N2CCCC2)n1. The number of thiazole rings is 1. The van der Waals surface area contributed by atoms with Crippen LogP contribution in [0.15, 0.2) is 34.6 Å². The monoisotopic (exact) mass is 425 g/mol. The van der Waals surface area contributed by atoms with E-state index < -0.39 is 11.7 Å². The fourth-order valence-corrected chi connectivity index (χ4v) is 4.00. The molecule has 0 saturated carbocycles. The molecular weight excluding hydrogens is 399 g/mol. The second kappa shape index (κ2) is 9.96. The molecule has 1 aliphatic heterocycles. The second-order valence-corrected chi connectivity index (χ2v) is 7.72. The van der Waals surface area contributed by atoms with E-state index in [0.29, 0.717) is 25.6 Å². The molecule has 2 heterocycles. The minimum atomic E-state index is -4.32. The summed E-state index contributed by atoms with van der Waals surface area (Å²) in [7, 11) is 0. The van der Waals surface area contributed by atoms with Crippen LogP contribution in [0, 0.1) is 0 Å². The molecule has 3 rings (SSSR count). The van der Waals surface area contributed by atoms with Gasteiger partial charge in [0.05, 0.1) is 17.8 Å². The molecule has 0 spiro atoms. The van der Waals surface area contributed by atoms with Crippen LogP contribution < -0.4 is 15.5 Å². The molecule has 1 aliphatic rings. The van der Waals surface area contributed by atoms with Gasteiger partial charge in [0.2, 0.25) is 0 Å². The number of hydrogen-bond acceptors (Lipinski definition) is 4. The van der Waals surface area contributed by atoms with E-state index in [1.165, 1.54) is 25.0 Å². The van der Waals surface area contributed by atoms with E-state index in [-0.39, 0.29) is 0 Å². The normalized spacial score (nSPS) is 15.0. The van der Waals surface area contributed by atoms with Crippen molar-refractivity contribution in [3.63, 3.8) is 0 Å². The van der Waals surface area contributed by atoms with Gasteiger partial charge in [-0.15, -0.1) is 11.3 Å². The molecule has 0 amide bonds. The highest BCUT2D eigenvalue weighted by molar-refractivity contribution is 7.13. The van der Waals surface area contributed by atoms with E-state index in [0.717, 1.165) is 48.0 Å². The Kier molecular flexibility index (Phi) is 7.35. The van der Waals surface area contributed by atoms with Gasteiger partial charge >= 0.3 is 6.18 Å². The van der Waals surface area contributed by atoms with Crippen LogP contribution in [0.3, 0.4) is 0 Å². The summed E-state index contributed by atoms with van der Waals surface area (Å²) in [4.78, 5) is 11.5. The lowest BCUT2D eigenvalue weighted by Gasteiger charge is -2.12. The van der Waals surface area contributed by atoms with Crippen molar-refractivity contribution < 1.29 is 13.2 Å². The number of benzene rings is 1. The summed E-state index contributed by atoms with van der Waals surface area (Å²) in [5.74, 6) is 0.641. The summed E-state index contributed by atoms with van der Waals surface area (Å²) in [6, 6.07) is 5.10. The minimum absolute atomic E-state index is 0.309. The average Bonchev–Trinajstić information content (AvgIpc) is 3.37. The maximum absolute atomic E-state index is 12.6. The molecule has 0 radical (unpaired) electrons. The van der Waals surface area contributed by atoms with Gasteiger partial charge in [0.25, 0.3) is 0 Å². The van der Waals surface area contributed by atoms with Crippen LogP contribution in [0.1, 0.15) is 36.6 Å². The van der Waals surface area contributed by atoms with Crippen molar-refractivity contribution in [3.05, 3.63) is 46.5 Å². The third kappa shape index (κ3) is 6.35. The Labute approximate surface area is 173 Å². The summed E-state index contributed by atoms with van der Waals surface area (Å²) in [6.45, 7) is 5.84. The molecule has 1 saturated heterocycles. The Morgan fingerprint density at radius 2 is 1.90 bits per heavy atom. The second-order valence-electron chi connectivity index (χ2n) is 6.88. The van der Waals surface area contributed by atoms with Crippen LogP contribution in [0.5, 0.6) is 0 Å². The van der Waals surface area contributed by atoms with Gasteiger partial charge in [-0.1, -0.05) is 12.1 Å². The van der Waals surface area contributed by atoms with Gasteiger partial charge in [-0.2, -0.15) is 13.2 Å². The first-order valence-electron chi connectivity index (χ1n) is 9.83. The van der Waals surface area contributed by atoms with Crippen molar-refractivity contribution in [1.29, 1.82) is 0 Å². The summed E-state index contributed by atoms with van der Waals surface area (Å²) < 4.78 is 37.9. The van der Waals surface area contributed by atoms with E-state index in [4.69, 9.17) is 4.98 Å². The molecule has 5 nitrogen and oxygen atoms in total. The van der Waals surface area contributed by atoms with Gasteiger partial charge in [-0.05, 0) is 37.5 Å². The van der Waals surface area contributed by atoms with E-state index >= 15 is 0 Å². The fraction of sp³-hybridized carbons (Fsp3) is 0.500. The fourth-order valence-electron chi connectivity index (χ4n) is 3.08. The third-order valence-corrected chi connectivity index (χ3v) is 5.59. The minimum Gasteiger partial charge on any atom is -0.357 e. The molecule has 9 heteroatoms. The average molecular weight is 426 g/mol. The Morgan fingerprint density at radius 3 is 2.55 bits per heavy atom. The quantitative estimate of drug-likeness (QED) is 0.519. The smallest absolute Gasteiger partial charge is 0.357 e. The van der Waals surface area contributed by atoms with Gasteiger partial charge < -0.3 is 15.5 Å². The van der Waals surface area contributed by atoms with Crippen molar-refractivity contribution in [2.24, 2.45) is 4.99 Å². The summed E-state index contributed by atoms with van der Waals surface area (Å²) >= 11 is 1.69. The number of halogens is 3. The number of nitrogens with one attached hydrogen (secondary N) is 2. The Hall–Kier alpha value is -2.29. The Bertz CT molecular complexity index is 795. The van der Waals surface area contributed by atoms with Gasteiger partial charge in [0.1, 0.15) is 0 Å². The highest BCUT2D eigenvalue weighted by Crippen LogP contribution is 2.29. The molecule has 0 atom stereocenters. The predicted octanol–water partition coefficient (Wildman–Crippen LogP) is 4.06. The van der Waals surface area contributed by atoms with Crippen LogP contribution in [-0.2, 0) is 19.1 Å². The van der Waals surface area contributed by atoms with Crippen LogP contribution in [-0.4, -0.2) is 37.1 Å². The molecule has 2 N–H and O–H groups in total. The standard InChI is InChI=1S/C20H26F3N5S/c1-2-24-18(26-13-15-5-7-16(8-6-15)20(21,22)23)25-10-9-17-14-29-19(27-17)28-11-3-4-12-28/h5-8,14H,2-4,9-13H2,1H3,(H2,24,25,26). The van der Waals surface area contributed by atoms with E-state index in [9.17, 15) is 13.2 Å². The zero-order valence-electron chi connectivity index (χ0n) is 16.4. The highest BCUT2D eigenvalue weighted by Gasteiger charge is 2.29. The molecule has 2 aromatic rings. The van der Waals surface area contributed by atoms with Gasteiger partial charge in [-0.3, -0.25) is 0 Å². The van der Waals surface area contributed by atoms with Gasteiger partial charge in [0, 0.05) is 38.0 Å². The lowest BCUT2D eigenvalue weighted by molar-refractivity contribution is -0.137. The number of rotatable bonds is 7. The zero-order valence-corrected chi connectivity index (χ0v) is 17.2. The van der Waals surface area contributed by atoms with Crippen molar-refractivity contribution >= 4 is 22.4 Å². The van der Waals surface area contributed by atoms with Crippen LogP contribution in [0.2, 0.25) is 0 Å². The number of hydrogen-bond donors (Lipinski definition) is 2. The number of nitrogens with zero attached hydrogens (tertiary/aromatic N) is 3. The van der Waals surface area contributed by atoms with Crippen LogP contribution in [0.25, 0.3) is 0 Å². The van der Waals surface area contributed by atoms with E-state index in [2.05, 4.69) is 25.9 Å². The number of guanidine groups is 1. The molecule has 1 aromatic heterocycles. The molecule has 0 bridgehead atoms. The predicted molar refractivity (Wildman–Crippen MR) is 112 cm³/mol. The first-order valence-corrected chi connectivity index (χ1v) is 10.7. The molecule has 29 heavy (non-hydrogen) atoms. The van der Waals surface area contributed by atoms with Crippen molar-refractivity contribution in [1.82, 2.24) is 15.6 Å². The molecule has 1 fully saturated rings.